The molecule has 0 atom stereocenters. The summed E-state index contributed by atoms with van der Waals surface area (Å²) >= 11 is 0. The second-order valence-corrected chi connectivity index (χ2v) is 6.14. The highest BCUT2D eigenvalue weighted by molar-refractivity contribution is 6.08. The molecule has 130 valence electrons. The molecular weight excluding hydrogens is 330 g/mol. The summed E-state index contributed by atoms with van der Waals surface area (Å²) in [6.45, 7) is 0.289. The van der Waals surface area contributed by atoms with Crippen molar-refractivity contribution in [2.45, 2.75) is 6.54 Å². The normalized spacial score (nSPS) is 11.1. The largest absolute Gasteiger partial charge is 0.502 e. The van der Waals surface area contributed by atoms with Crippen LogP contribution in [-0.4, -0.2) is 20.6 Å². The SMILES string of the molecule is Cn1c(=O)c(O)c(C(=O)NCc2cccc3[nH]ccc23)c2ccccc21. The Hall–Kier alpha value is -3.54. The molecule has 2 aromatic carbocycles. The van der Waals surface area contributed by atoms with Crippen LogP contribution in [0.25, 0.3) is 21.8 Å². The minimum absolute atomic E-state index is 0.00458. The molecule has 6 heteroatoms. The van der Waals surface area contributed by atoms with Gasteiger partial charge in [0.25, 0.3) is 11.5 Å². The number of pyridine rings is 1. The molecule has 2 aromatic heterocycles. The number of aromatic nitrogens is 2. The third-order valence-corrected chi connectivity index (χ3v) is 4.63. The van der Waals surface area contributed by atoms with E-state index in [0.717, 1.165) is 16.5 Å². The first kappa shape index (κ1) is 16.0. The van der Waals surface area contributed by atoms with Crippen molar-refractivity contribution < 1.29 is 9.90 Å². The van der Waals surface area contributed by atoms with Gasteiger partial charge in [0.1, 0.15) is 0 Å². The fourth-order valence-corrected chi connectivity index (χ4v) is 3.28. The van der Waals surface area contributed by atoms with Gasteiger partial charge >= 0.3 is 0 Å². The van der Waals surface area contributed by atoms with Crippen molar-refractivity contribution in [1.29, 1.82) is 0 Å². The Bertz CT molecular complexity index is 1200. The van der Waals surface area contributed by atoms with Crippen molar-refractivity contribution >= 4 is 27.7 Å². The van der Waals surface area contributed by atoms with Gasteiger partial charge in [0.2, 0.25) is 0 Å². The van der Waals surface area contributed by atoms with E-state index in [9.17, 15) is 14.7 Å². The first-order valence-corrected chi connectivity index (χ1v) is 8.22. The lowest BCUT2D eigenvalue weighted by atomic mass is 10.1. The molecule has 0 aliphatic heterocycles. The van der Waals surface area contributed by atoms with Gasteiger partial charge in [0.05, 0.1) is 11.1 Å². The molecule has 0 aliphatic rings. The molecule has 0 radical (unpaired) electrons. The van der Waals surface area contributed by atoms with Crippen molar-refractivity contribution in [2.24, 2.45) is 7.05 Å². The Morgan fingerprint density at radius 2 is 1.92 bits per heavy atom. The number of hydrogen-bond donors (Lipinski definition) is 3. The number of benzene rings is 2. The number of amides is 1. The molecule has 0 spiro atoms. The summed E-state index contributed by atoms with van der Waals surface area (Å²) in [6.07, 6.45) is 1.84. The van der Waals surface area contributed by atoms with Crippen molar-refractivity contribution in [2.75, 3.05) is 0 Å². The maximum atomic E-state index is 12.8. The van der Waals surface area contributed by atoms with E-state index in [0.29, 0.717) is 10.9 Å². The van der Waals surface area contributed by atoms with Crippen molar-refractivity contribution in [3.05, 3.63) is 76.2 Å². The number of nitrogens with one attached hydrogen (secondary N) is 2. The molecule has 0 unspecified atom stereocenters. The van der Waals surface area contributed by atoms with E-state index in [-0.39, 0.29) is 12.1 Å². The predicted molar refractivity (Wildman–Crippen MR) is 100 cm³/mol. The molecular formula is C20H17N3O3. The summed E-state index contributed by atoms with van der Waals surface area (Å²) in [5.41, 5.74) is 1.93. The molecule has 6 nitrogen and oxygen atoms in total. The highest BCUT2D eigenvalue weighted by atomic mass is 16.3. The van der Waals surface area contributed by atoms with Crippen LogP contribution in [0.1, 0.15) is 15.9 Å². The number of para-hydroxylation sites is 1. The van der Waals surface area contributed by atoms with Crippen LogP contribution in [-0.2, 0) is 13.6 Å². The van der Waals surface area contributed by atoms with Crippen LogP contribution in [0.4, 0.5) is 0 Å². The van der Waals surface area contributed by atoms with Gasteiger partial charge in [0.15, 0.2) is 5.75 Å². The van der Waals surface area contributed by atoms with Gasteiger partial charge in [-0.15, -0.1) is 0 Å². The summed E-state index contributed by atoms with van der Waals surface area (Å²) in [5, 5.41) is 14.7. The van der Waals surface area contributed by atoms with Gasteiger partial charge in [-0.25, -0.2) is 0 Å². The maximum absolute atomic E-state index is 12.8. The quantitative estimate of drug-likeness (QED) is 0.532. The van der Waals surface area contributed by atoms with Crippen molar-refractivity contribution in [1.82, 2.24) is 14.9 Å². The number of hydrogen-bond acceptors (Lipinski definition) is 3. The van der Waals surface area contributed by atoms with E-state index in [2.05, 4.69) is 10.3 Å². The van der Waals surface area contributed by atoms with Gasteiger partial charge < -0.3 is 20.0 Å². The zero-order valence-corrected chi connectivity index (χ0v) is 14.1. The van der Waals surface area contributed by atoms with Crippen LogP contribution in [0.15, 0.2) is 59.5 Å². The predicted octanol–water partition coefficient (Wildman–Crippen LogP) is 2.66. The number of carbonyl (C=O) groups is 1. The zero-order chi connectivity index (χ0) is 18.3. The van der Waals surface area contributed by atoms with Crippen molar-refractivity contribution in [3.63, 3.8) is 0 Å². The standard InChI is InChI=1S/C20H17N3O3/c1-23-16-8-3-2-6-14(16)17(18(24)20(23)26)19(25)22-11-12-5-4-7-15-13(12)9-10-21-15/h2-10,21,24H,11H2,1H3,(H,22,25). The lowest BCUT2D eigenvalue weighted by Gasteiger charge is -2.13. The number of fused-ring (bicyclic) bond motifs is 2. The molecule has 1 amide bonds. The molecule has 4 aromatic rings. The first-order chi connectivity index (χ1) is 12.6. The van der Waals surface area contributed by atoms with Crippen molar-refractivity contribution in [3.8, 4) is 5.75 Å². The summed E-state index contributed by atoms with van der Waals surface area (Å²) in [7, 11) is 1.57. The Morgan fingerprint density at radius 1 is 1.12 bits per heavy atom. The van der Waals surface area contributed by atoms with Crippen LogP contribution in [0.2, 0.25) is 0 Å². The number of carbonyl (C=O) groups excluding carboxylic acids is 1. The highest BCUT2D eigenvalue weighted by Gasteiger charge is 2.20. The van der Waals surface area contributed by atoms with E-state index < -0.39 is 17.2 Å². The summed E-state index contributed by atoms with van der Waals surface area (Å²) in [4.78, 5) is 28.1. The lowest BCUT2D eigenvalue weighted by Crippen LogP contribution is -2.27. The fraction of sp³-hybridized carbons (Fsp3) is 0.100. The number of aromatic amines is 1. The van der Waals surface area contributed by atoms with E-state index in [1.807, 2.05) is 30.5 Å². The Labute approximate surface area is 148 Å². The molecule has 0 saturated heterocycles. The smallest absolute Gasteiger partial charge is 0.293 e. The first-order valence-electron chi connectivity index (χ1n) is 8.22. The molecule has 26 heavy (non-hydrogen) atoms. The van der Waals surface area contributed by atoms with Crippen LogP contribution in [0.5, 0.6) is 5.75 Å². The molecule has 0 aliphatic carbocycles. The van der Waals surface area contributed by atoms with Gasteiger partial charge in [-0.2, -0.15) is 0 Å². The van der Waals surface area contributed by atoms with Crippen LogP contribution in [0, 0.1) is 0 Å². The Morgan fingerprint density at radius 3 is 2.77 bits per heavy atom. The Balaban J connectivity index is 1.73. The Kier molecular flexibility index (Phi) is 3.73. The van der Waals surface area contributed by atoms with Crippen LogP contribution in [0.3, 0.4) is 0 Å². The van der Waals surface area contributed by atoms with Crippen LogP contribution >= 0.6 is 0 Å². The molecule has 4 rings (SSSR count). The number of aromatic hydroxyl groups is 1. The molecule has 0 fully saturated rings. The minimum atomic E-state index is -0.596. The van der Waals surface area contributed by atoms with E-state index in [4.69, 9.17) is 0 Å². The zero-order valence-electron chi connectivity index (χ0n) is 14.1. The van der Waals surface area contributed by atoms with E-state index >= 15 is 0 Å². The average molecular weight is 347 g/mol. The third-order valence-electron chi connectivity index (χ3n) is 4.63. The molecule has 0 bridgehead atoms. The fourth-order valence-electron chi connectivity index (χ4n) is 3.28. The van der Waals surface area contributed by atoms with E-state index in [1.54, 1.807) is 31.3 Å². The summed E-state index contributed by atoms with van der Waals surface area (Å²) < 4.78 is 1.34. The average Bonchev–Trinajstić information content (AvgIpc) is 3.14. The maximum Gasteiger partial charge on any atom is 0.293 e. The molecule has 3 N–H and O–H groups in total. The van der Waals surface area contributed by atoms with Gasteiger partial charge in [0, 0.05) is 36.1 Å². The lowest BCUT2D eigenvalue weighted by molar-refractivity contribution is 0.0950. The molecule has 2 heterocycles. The number of rotatable bonds is 3. The summed E-state index contributed by atoms with van der Waals surface area (Å²) in [5.74, 6) is -1.02. The van der Waals surface area contributed by atoms with E-state index in [1.165, 1.54) is 4.57 Å². The highest BCUT2D eigenvalue weighted by Crippen LogP contribution is 2.24. The van der Waals surface area contributed by atoms with Gasteiger partial charge in [-0.1, -0.05) is 30.3 Å². The number of nitrogens with zero attached hydrogens (tertiary/aromatic N) is 1. The number of H-pyrrole nitrogens is 1. The topological polar surface area (TPSA) is 87.1 Å². The second kappa shape index (κ2) is 6.07. The minimum Gasteiger partial charge on any atom is -0.502 e. The summed E-state index contributed by atoms with van der Waals surface area (Å²) in [6, 6.07) is 14.8. The van der Waals surface area contributed by atoms with Gasteiger partial charge in [-0.05, 0) is 23.8 Å². The monoisotopic (exact) mass is 347 g/mol. The molecule has 0 saturated carbocycles. The third kappa shape index (κ3) is 2.43. The van der Waals surface area contributed by atoms with Gasteiger partial charge in [-0.3, -0.25) is 9.59 Å². The second-order valence-electron chi connectivity index (χ2n) is 6.14. The van der Waals surface area contributed by atoms with Crippen LogP contribution < -0.4 is 10.9 Å². The number of aryl methyl sites for hydroxylation is 1.